The van der Waals surface area contributed by atoms with Gasteiger partial charge in [0, 0.05) is 36.0 Å². The van der Waals surface area contributed by atoms with Crippen LogP contribution in [0, 0.1) is 11.8 Å². The first-order valence-corrected chi connectivity index (χ1v) is 28.2. The summed E-state index contributed by atoms with van der Waals surface area (Å²) in [6.45, 7) is 20.3. The van der Waals surface area contributed by atoms with Gasteiger partial charge in [-0.3, -0.25) is 4.79 Å². The monoisotopic (exact) mass is 982 g/mol. The lowest BCUT2D eigenvalue weighted by Crippen LogP contribution is -2.63. The SMILES string of the molecule is C=C1CC2CCC34CC5OC6C(OC7CCC(CC(=O)OC8C(CC9OC(CCC1O2)CC(C)C9=C)OC1CC(O[Si](CC)(CC)CC)C(CI)OC1C8C)OC7C6O3)C5O4. The molecule has 0 saturated carbocycles. The molecule has 0 radical (unpaired) electrons. The number of carbonyl (C=O) groups is 1. The lowest BCUT2D eigenvalue weighted by molar-refractivity contribution is -0.293. The van der Waals surface area contributed by atoms with Gasteiger partial charge in [0.1, 0.15) is 36.6 Å². The molecule has 0 N–H and O–H groups in total. The molecule has 12 bridgehead atoms. The van der Waals surface area contributed by atoms with Gasteiger partial charge < -0.3 is 51.8 Å². The average molecular weight is 983 g/mol. The van der Waals surface area contributed by atoms with Crippen molar-refractivity contribution in [1.29, 1.82) is 0 Å². The molecule has 11 rings (SSSR count). The van der Waals surface area contributed by atoms with Crippen LogP contribution in [0.5, 0.6) is 0 Å². The van der Waals surface area contributed by atoms with Gasteiger partial charge in [-0.1, -0.05) is 70.4 Å². The molecule has 11 heterocycles. The van der Waals surface area contributed by atoms with Gasteiger partial charge in [0.15, 0.2) is 14.1 Å². The van der Waals surface area contributed by atoms with Crippen molar-refractivity contribution < 1.29 is 56.6 Å². The summed E-state index contributed by atoms with van der Waals surface area (Å²) in [6.07, 6.45) is 4.95. The van der Waals surface area contributed by atoms with Crippen LogP contribution in [-0.4, -0.2) is 134 Å². The number of hydrogen-bond donors (Lipinski definition) is 0. The van der Waals surface area contributed by atoms with Crippen LogP contribution in [0.3, 0.4) is 0 Å². The first-order valence-electron chi connectivity index (χ1n) is 24.1. The van der Waals surface area contributed by atoms with Gasteiger partial charge in [0.25, 0.3) is 0 Å². The quantitative estimate of drug-likeness (QED) is 0.0855. The number of alkyl halides is 1. The van der Waals surface area contributed by atoms with Crippen LogP contribution in [0.4, 0.5) is 0 Å². The molecule has 11 fully saturated rings. The van der Waals surface area contributed by atoms with Gasteiger partial charge >= 0.3 is 5.97 Å². The first kappa shape index (κ1) is 44.3. The Morgan fingerprint density at radius 3 is 2.16 bits per heavy atom. The van der Waals surface area contributed by atoms with E-state index < -0.39 is 26.3 Å². The van der Waals surface area contributed by atoms with Crippen LogP contribution < -0.4 is 0 Å². The van der Waals surface area contributed by atoms with Crippen LogP contribution in [-0.2, 0) is 56.6 Å². The second kappa shape index (κ2) is 17.6. The van der Waals surface area contributed by atoms with Crippen molar-refractivity contribution in [1.82, 2.24) is 0 Å². The molecule has 11 aliphatic rings. The topological polar surface area (TPSA) is 119 Å². The molecule has 0 aromatic rings. The summed E-state index contributed by atoms with van der Waals surface area (Å²) in [7, 11) is -1.92. The first-order chi connectivity index (χ1) is 29.4. The number of rotatable bonds is 6. The molecule has 11 saturated heterocycles. The zero-order valence-electron chi connectivity index (χ0n) is 37.1. The molecule has 12 nitrogen and oxygen atoms in total. The molecule has 0 aromatic carbocycles. The van der Waals surface area contributed by atoms with Crippen molar-refractivity contribution in [2.45, 2.75) is 245 Å². The van der Waals surface area contributed by atoms with Gasteiger partial charge in [-0.2, -0.15) is 0 Å². The van der Waals surface area contributed by atoms with E-state index in [4.69, 9.17) is 51.8 Å². The Hall–Kier alpha value is -0.503. The number of fused-ring (bicyclic) bond motifs is 7. The molecule has 1 spiro atoms. The van der Waals surface area contributed by atoms with Crippen molar-refractivity contribution in [3.8, 4) is 0 Å². The summed E-state index contributed by atoms with van der Waals surface area (Å²) in [5.41, 5.74) is 2.23. The summed E-state index contributed by atoms with van der Waals surface area (Å²) in [4.78, 5) is 14.3. The summed E-state index contributed by atoms with van der Waals surface area (Å²) in [6, 6.07) is 3.24. The minimum atomic E-state index is -1.92. The van der Waals surface area contributed by atoms with Crippen LogP contribution in [0.1, 0.15) is 112 Å². The minimum absolute atomic E-state index is 0.0155. The van der Waals surface area contributed by atoms with Gasteiger partial charge in [-0.05, 0) is 80.1 Å². The summed E-state index contributed by atoms with van der Waals surface area (Å²) in [5.74, 6) is -0.920. The highest BCUT2D eigenvalue weighted by atomic mass is 127. The third kappa shape index (κ3) is 8.24. The van der Waals surface area contributed by atoms with Crippen molar-refractivity contribution in [3.05, 3.63) is 24.3 Å². The highest BCUT2D eigenvalue weighted by Gasteiger charge is 2.69. The smallest absolute Gasteiger partial charge is 0.308 e. The van der Waals surface area contributed by atoms with Crippen molar-refractivity contribution in [2.24, 2.45) is 11.8 Å². The molecule has 61 heavy (non-hydrogen) atoms. The fourth-order valence-corrected chi connectivity index (χ4v) is 16.8. The van der Waals surface area contributed by atoms with Gasteiger partial charge in [-0.25, -0.2) is 0 Å². The van der Waals surface area contributed by atoms with E-state index in [0.29, 0.717) is 25.7 Å². The van der Waals surface area contributed by atoms with Crippen LogP contribution in [0.25, 0.3) is 0 Å². The fourth-order valence-electron chi connectivity index (χ4n) is 13.1. The molecule has 21 atom stereocenters. The Kier molecular flexibility index (Phi) is 12.8. The summed E-state index contributed by atoms with van der Waals surface area (Å²) < 4.78 is 76.6. The van der Waals surface area contributed by atoms with Crippen LogP contribution in [0.15, 0.2) is 24.3 Å². The molecule has 0 aromatic heterocycles. The lowest BCUT2D eigenvalue weighted by Gasteiger charge is -2.52. The normalized spacial score (nSPS) is 51.0. The minimum Gasteiger partial charge on any atom is -0.459 e. The molecule has 342 valence electrons. The molecule has 0 aliphatic carbocycles. The highest BCUT2D eigenvalue weighted by molar-refractivity contribution is 14.1. The number of esters is 1. The van der Waals surface area contributed by atoms with E-state index in [1.54, 1.807) is 0 Å². The van der Waals surface area contributed by atoms with E-state index in [9.17, 15) is 4.79 Å². The standard InChI is InChI=1S/C47H71IO12Si/c1-8-61(9-2,10-3)60-34-21-36-40(56-38(34)23-48)27(7)41-35(53-36)20-33-26(6)24(4)17-28(51-33)11-13-31-25(5)18-30(50-31)15-16-47-22-37-43(58-47)44-45(55-37)46(59-47)42-32(54-44)14-12-29(52-42)19-39(49)57-41/h24,27-38,40-46H,5-6,8-23H2,1-4,7H3. The maximum absolute atomic E-state index is 14.3. The highest BCUT2D eigenvalue weighted by Crippen LogP contribution is 2.54. The Morgan fingerprint density at radius 1 is 0.672 bits per heavy atom. The predicted octanol–water partition coefficient (Wildman–Crippen LogP) is 7.67. The zero-order valence-corrected chi connectivity index (χ0v) is 40.2. The molecular formula is C47H71IO12Si. The molecule has 21 unspecified atom stereocenters. The number of ether oxygens (including phenoxy) is 10. The number of carbonyl (C=O) groups excluding carboxylic acids is 1. The second-order valence-electron chi connectivity index (χ2n) is 20.4. The van der Waals surface area contributed by atoms with Crippen LogP contribution >= 0.6 is 22.6 Å². The Bertz CT molecular complexity index is 1640. The average Bonchev–Trinajstić information content (AvgIpc) is 3.84. The van der Waals surface area contributed by atoms with E-state index in [1.165, 1.54) is 0 Å². The Morgan fingerprint density at radius 2 is 1.38 bits per heavy atom. The maximum atomic E-state index is 14.3. The number of hydrogen-bond acceptors (Lipinski definition) is 12. The lowest BCUT2D eigenvalue weighted by atomic mass is 9.79. The second-order valence-corrected chi connectivity index (χ2v) is 26.0. The van der Waals surface area contributed by atoms with E-state index in [2.05, 4.69) is 70.4 Å². The van der Waals surface area contributed by atoms with Crippen molar-refractivity contribution in [2.75, 3.05) is 4.43 Å². The molecular weight excluding hydrogens is 911 g/mol. The van der Waals surface area contributed by atoms with E-state index in [-0.39, 0.29) is 122 Å². The third-order valence-corrected chi connectivity index (χ3v) is 22.4. The maximum Gasteiger partial charge on any atom is 0.308 e. The third-order valence-electron chi connectivity index (χ3n) is 16.9. The number of halogens is 1. The van der Waals surface area contributed by atoms with Gasteiger partial charge in [-0.15, -0.1) is 0 Å². The largest absolute Gasteiger partial charge is 0.459 e. The zero-order chi connectivity index (χ0) is 42.4. The van der Waals surface area contributed by atoms with E-state index in [1.807, 2.05) is 0 Å². The van der Waals surface area contributed by atoms with Gasteiger partial charge in [0.05, 0.1) is 79.7 Å². The van der Waals surface area contributed by atoms with E-state index >= 15 is 0 Å². The summed E-state index contributed by atoms with van der Waals surface area (Å²) >= 11 is 2.44. The molecule has 14 heteroatoms. The summed E-state index contributed by atoms with van der Waals surface area (Å²) in [5, 5.41) is 0. The van der Waals surface area contributed by atoms with Crippen molar-refractivity contribution >= 4 is 36.9 Å². The molecule has 0 amide bonds. The fraction of sp³-hybridized carbons (Fsp3) is 0.894. The molecule has 11 aliphatic heterocycles. The predicted molar refractivity (Wildman–Crippen MR) is 236 cm³/mol. The van der Waals surface area contributed by atoms with Crippen molar-refractivity contribution in [3.63, 3.8) is 0 Å². The van der Waals surface area contributed by atoms with Gasteiger partial charge in [0.2, 0.25) is 0 Å². The van der Waals surface area contributed by atoms with E-state index in [0.717, 1.165) is 78.7 Å². The Balaban J connectivity index is 0.928. The van der Waals surface area contributed by atoms with Crippen LogP contribution in [0.2, 0.25) is 18.1 Å². The Labute approximate surface area is 377 Å².